The number of nitrogens with one attached hydrogen (secondary N) is 2. The van der Waals surface area contributed by atoms with Gasteiger partial charge >= 0.3 is 0 Å². The van der Waals surface area contributed by atoms with E-state index in [2.05, 4.69) is 10.6 Å². The second-order valence-electron chi connectivity index (χ2n) is 5.80. The summed E-state index contributed by atoms with van der Waals surface area (Å²) in [6, 6.07) is 15.7. The Morgan fingerprint density at radius 2 is 1.96 bits per heavy atom. The maximum absolute atomic E-state index is 11.5. The lowest BCUT2D eigenvalue weighted by atomic mass is 10.2. The third-order valence-electron chi connectivity index (χ3n) is 4.06. The maximum atomic E-state index is 11.5. The summed E-state index contributed by atoms with van der Waals surface area (Å²) in [6.45, 7) is 1.93. The number of carbonyl (C=O) groups excluding carboxylic acids is 1. The standard InChI is InChI=1S/C19H22N2O3/c1-23-17-4-2-3-15(11-17)13-24-16-7-5-14(6-8-16)12-21-18-9-10-20-19(18)22/h2-8,11,18,21H,9-10,12-13H2,1H3,(H,20,22). The van der Waals surface area contributed by atoms with Crippen LogP contribution in [0.1, 0.15) is 17.5 Å². The molecule has 2 aromatic carbocycles. The van der Waals surface area contributed by atoms with Crippen LogP contribution in [0, 0.1) is 0 Å². The van der Waals surface area contributed by atoms with Crippen LogP contribution in [0.4, 0.5) is 0 Å². The van der Waals surface area contributed by atoms with Crippen LogP contribution in [-0.2, 0) is 17.9 Å². The second kappa shape index (κ2) is 7.84. The Kier molecular flexibility index (Phi) is 5.33. The summed E-state index contributed by atoms with van der Waals surface area (Å²) in [6.07, 6.45) is 0.848. The fourth-order valence-electron chi connectivity index (χ4n) is 2.66. The van der Waals surface area contributed by atoms with Gasteiger partial charge in [-0.05, 0) is 41.8 Å². The molecule has 0 aromatic heterocycles. The Bertz CT molecular complexity index is 685. The highest BCUT2D eigenvalue weighted by atomic mass is 16.5. The molecule has 1 amide bonds. The number of ether oxygens (including phenoxy) is 2. The van der Waals surface area contributed by atoms with E-state index in [1.807, 2.05) is 48.5 Å². The monoisotopic (exact) mass is 326 g/mol. The topological polar surface area (TPSA) is 59.6 Å². The van der Waals surface area contributed by atoms with Crippen molar-refractivity contribution < 1.29 is 14.3 Å². The molecule has 5 heteroatoms. The molecular formula is C19H22N2O3. The first-order valence-corrected chi connectivity index (χ1v) is 8.10. The highest BCUT2D eigenvalue weighted by Crippen LogP contribution is 2.17. The van der Waals surface area contributed by atoms with E-state index < -0.39 is 0 Å². The molecule has 5 nitrogen and oxygen atoms in total. The summed E-state index contributed by atoms with van der Waals surface area (Å²) >= 11 is 0. The Morgan fingerprint density at radius 3 is 2.67 bits per heavy atom. The zero-order valence-electron chi connectivity index (χ0n) is 13.7. The number of benzene rings is 2. The van der Waals surface area contributed by atoms with E-state index >= 15 is 0 Å². The lowest BCUT2D eigenvalue weighted by Gasteiger charge is -2.11. The molecule has 1 fully saturated rings. The minimum absolute atomic E-state index is 0.0750. The van der Waals surface area contributed by atoms with Gasteiger partial charge in [-0.2, -0.15) is 0 Å². The number of hydrogen-bond donors (Lipinski definition) is 2. The first-order valence-electron chi connectivity index (χ1n) is 8.10. The molecule has 24 heavy (non-hydrogen) atoms. The first-order chi connectivity index (χ1) is 11.7. The third kappa shape index (κ3) is 4.26. The number of rotatable bonds is 7. The molecule has 0 spiro atoms. The quantitative estimate of drug-likeness (QED) is 0.819. The summed E-state index contributed by atoms with van der Waals surface area (Å²) in [5.41, 5.74) is 2.19. The lowest BCUT2D eigenvalue weighted by Crippen LogP contribution is -2.35. The Hall–Kier alpha value is -2.53. The van der Waals surface area contributed by atoms with Crippen LogP contribution in [0.15, 0.2) is 48.5 Å². The van der Waals surface area contributed by atoms with Crippen molar-refractivity contribution in [3.63, 3.8) is 0 Å². The van der Waals surface area contributed by atoms with Gasteiger partial charge in [-0.25, -0.2) is 0 Å². The minimum Gasteiger partial charge on any atom is -0.497 e. The van der Waals surface area contributed by atoms with E-state index in [0.29, 0.717) is 13.2 Å². The molecule has 0 aliphatic carbocycles. The largest absolute Gasteiger partial charge is 0.497 e. The average Bonchev–Trinajstić information content (AvgIpc) is 3.04. The maximum Gasteiger partial charge on any atom is 0.237 e. The van der Waals surface area contributed by atoms with Gasteiger partial charge < -0.3 is 20.1 Å². The van der Waals surface area contributed by atoms with Gasteiger partial charge in [0.2, 0.25) is 5.91 Å². The molecule has 0 bridgehead atoms. The van der Waals surface area contributed by atoms with Crippen LogP contribution in [-0.4, -0.2) is 25.6 Å². The molecule has 1 atom stereocenters. The van der Waals surface area contributed by atoms with Gasteiger partial charge in [0.25, 0.3) is 0 Å². The summed E-state index contributed by atoms with van der Waals surface area (Å²) < 4.78 is 11.0. The van der Waals surface area contributed by atoms with Gasteiger partial charge in [0, 0.05) is 13.1 Å². The summed E-state index contributed by atoms with van der Waals surface area (Å²) in [5, 5.41) is 6.10. The van der Waals surface area contributed by atoms with Gasteiger partial charge in [-0.3, -0.25) is 4.79 Å². The van der Waals surface area contributed by atoms with Crippen molar-refractivity contribution in [2.24, 2.45) is 0 Å². The van der Waals surface area contributed by atoms with Crippen LogP contribution in [0.5, 0.6) is 11.5 Å². The summed E-state index contributed by atoms with van der Waals surface area (Å²) in [4.78, 5) is 11.5. The Balaban J connectivity index is 1.49. The smallest absolute Gasteiger partial charge is 0.237 e. The van der Waals surface area contributed by atoms with Crippen LogP contribution in [0.25, 0.3) is 0 Å². The average molecular weight is 326 g/mol. The molecule has 2 N–H and O–H groups in total. The van der Waals surface area contributed by atoms with Gasteiger partial charge in [-0.1, -0.05) is 24.3 Å². The van der Waals surface area contributed by atoms with Crippen LogP contribution in [0.2, 0.25) is 0 Å². The second-order valence-corrected chi connectivity index (χ2v) is 5.80. The van der Waals surface area contributed by atoms with Crippen molar-refractivity contribution >= 4 is 5.91 Å². The molecular weight excluding hydrogens is 304 g/mol. The fourth-order valence-corrected chi connectivity index (χ4v) is 2.66. The van der Waals surface area contributed by atoms with Gasteiger partial charge in [0.05, 0.1) is 13.2 Å². The van der Waals surface area contributed by atoms with Crippen molar-refractivity contribution in [2.45, 2.75) is 25.6 Å². The molecule has 1 aliphatic heterocycles. The van der Waals surface area contributed by atoms with Crippen LogP contribution >= 0.6 is 0 Å². The van der Waals surface area contributed by atoms with E-state index in [4.69, 9.17) is 9.47 Å². The van der Waals surface area contributed by atoms with Crippen molar-refractivity contribution in [3.8, 4) is 11.5 Å². The van der Waals surface area contributed by atoms with Crippen molar-refractivity contribution in [1.82, 2.24) is 10.6 Å². The predicted molar refractivity (Wildman–Crippen MR) is 92.0 cm³/mol. The molecule has 1 aliphatic rings. The zero-order valence-corrected chi connectivity index (χ0v) is 13.7. The molecule has 2 aromatic rings. The van der Waals surface area contributed by atoms with E-state index in [-0.39, 0.29) is 11.9 Å². The normalized spacial score (nSPS) is 16.7. The van der Waals surface area contributed by atoms with E-state index in [9.17, 15) is 4.79 Å². The predicted octanol–water partition coefficient (Wildman–Crippen LogP) is 2.25. The number of amides is 1. The fraction of sp³-hybridized carbons (Fsp3) is 0.316. The molecule has 1 unspecified atom stereocenters. The van der Waals surface area contributed by atoms with Crippen molar-refractivity contribution in [3.05, 3.63) is 59.7 Å². The van der Waals surface area contributed by atoms with E-state index in [1.54, 1.807) is 7.11 Å². The zero-order chi connectivity index (χ0) is 16.8. The Morgan fingerprint density at radius 1 is 1.12 bits per heavy atom. The SMILES string of the molecule is COc1cccc(COc2ccc(CNC3CCNC3=O)cc2)c1. The number of carbonyl (C=O) groups is 1. The minimum atomic E-state index is -0.0750. The van der Waals surface area contributed by atoms with E-state index in [0.717, 1.165) is 35.6 Å². The third-order valence-corrected chi connectivity index (χ3v) is 4.06. The van der Waals surface area contributed by atoms with Gasteiger partial charge in [0.1, 0.15) is 18.1 Å². The first kappa shape index (κ1) is 16.3. The van der Waals surface area contributed by atoms with Gasteiger partial charge in [0.15, 0.2) is 0 Å². The van der Waals surface area contributed by atoms with E-state index in [1.165, 1.54) is 0 Å². The highest BCUT2D eigenvalue weighted by Gasteiger charge is 2.22. The summed E-state index contributed by atoms with van der Waals surface area (Å²) in [5.74, 6) is 1.74. The molecule has 126 valence electrons. The molecule has 0 saturated carbocycles. The Labute approximate surface area is 142 Å². The highest BCUT2D eigenvalue weighted by molar-refractivity contribution is 5.83. The molecule has 3 rings (SSSR count). The van der Waals surface area contributed by atoms with Crippen molar-refractivity contribution in [1.29, 1.82) is 0 Å². The lowest BCUT2D eigenvalue weighted by molar-refractivity contribution is -0.120. The number of hydrogen-bond acceptors (Lipinski definition) is 4. The van der Waals surface area contributed by atoms with Crippen molar-refractivity contribution in [2.75, 3.05) is 13.7 Å². The number of methoxy groups -OCH3 is 1. The molecule has 1 heterocycles. The summed E-state index contributed by atoms with van der Waals surface area (Å²) in [7, 11) is 1.65. The molecule has 1 saturated heterocycles. The molecule has 0 radical (unpaired) electrons. The van der Waals surface area contributed by atoms with Gasteiger partial charge in [-0.15, -0.1) is 0 Å². The van der Waals surface area contributed by atoms with Crippen LogP contribution in [0.3, 0.4) is 0 Å². The van der Waals surface area contributed by atoms with Crippen LogP contribution < -0.4 is 20.1 Å².